The molecule has 2 aromatic rings. The highest BCUT2D eigenvalue weighted by Crippen LogP contribution is 2.20. The van der Waals surface area contributed by atoms with Gasteiger partial charge in [0.2, 0.25) is 5.91 Å². The fourth-order valence-corrected chi connectivity index (χ4v) is 3.09. The highest BCUT2D eigenvalue weighted by atomic mass is 79.9. The number of aromatic nitrogens is 1. The van der Waals surface area contributed by atoms with E-state index >= 15 is 0 Å². The van der Waals surface area contributed by atoms with Gasteiger partial charge in [0.25, 0.3) is 5.91 Å². The molecule has 1 fully saturated rings. The second-order valence-electron chi connectivity index (χ2n) is 6.10. The Kier molecular flexibility index (Phi) is 6.22. The third-order valence-electron chi connectivity index (χ3n) is 4.31. The first-order valence-corrected chi connectivity index (χ1v) is 9.29. The molecule has 0 aliphatic carbocycles. The van der Waals surface area contributed by atoms with Crippen LogP contribution in [0.15, 0.2) is 53.1 Å². The summed E-state index contributed by atoms with van der Waals surface area (Å²) in [5.74, 6) is 1.01. The number of nitrogens with zero attached hydrogens (tertiary/aromatic N) is 2. The van der Waals surface area contributed by atoms with E-state index in [1.54, 1.807) is 23.2 Å². The summed E-state index contributed by atoms with van der Waals surface area (Å²) in [7, 11) is 0. The van der Waals surface area contributed by atoms with Crippen LogP contribution in [-0.2, 0) is 9.59 Å². The summed E-state index contributed by atoms with van der Waals surface area (Å²) in [6.07, 6.45) is 2.92. The van der Waals surface area contributed by atoms with Crippen LogP contribution < -0.4 is 10.1 Å². The van der Waals surface area contributed by atoms with Crippen LogP contribution in [0.25, 0.3) is 0 Å². The zero-order valence-electron chi connectivity index (χ0n) is 14.2. The zero-order chi connectivity index (χ0) is 18.4. The molecule has 1 aromatic heterocycles. The Morgan fingerprint density at radius 1 is 1.15 bits per heavy atom. The molecule has 0 radical (unpaired) electrons. The molecule has 1 saturated heterocycles. The molecule has 1 aliphatic heterocycles. The van der Waals surface area contributed by atoms with E-state index in [4.69, 9.17) is 4.74 Å². The quantitative estimate of drug-likeness (QED) is 0.810. The Bertz CT molecular complexity index is 744. The zero-order valence-corrected chi connectivity index (χ0v) is 15.8. The fraction of sp³-hybridized carbons (Fsp3) is 0.316. The van der Waals surface area contributed by atoms with Gasteiger partial charge in [0, 0.05) is 29.7 Å². The lowest BCUT2D eigenvalue weighted by molar-refractivity contribution is -0.136. The van der Waals surface area contributed by atoms with E-state index in [0.29, 0.717) is 37.5 Å². The van der Waals surface area contributed by atoms with Crippen molar-refractivity contribution in [2.75, 3.05) is 25.0 Å². The number of ether oxygens (including phenoxy) is 1. The first-order chi connectivity index (χ1) is 12.6. The van der Waals surface area contributed by atoms with Gasteiger partial charge in [-0.2, -0.15) is 0 Å². The predicted octanol–water partition coefficient (Wildman–Crippen LogP) is 3.10. The first kappa shape index (κ1) is 18.4. The summed E-state index contributed by atoms with van der Waals surface area (Å²) in [6.45, 7) is 1.12. The maximum Gasteiger partial charge on any atom is 0.260 e. The van der Waals surface area contributed by atoms with E-state index < -0.39 is 0 Å². The number of pyridine rings is 1. The predicted molar refractivity (Wildman–Crippen MR) is 102 cm³/mol. The van der Waals surface area contributed by atoms with Crippen molar-refractivity contribution in [1.82, 2.24) is 9.88 Å². The standard InChI is InChI=1S/C19H20BrN3O3/c20-15-4-6-16(7-5-15)26-13-18(24)23-11-8-14(9-12-23)19(25)22-17-3-1-2-10-21-17/h1-7,10,14H,8-9,11-13H2,(H,21,22,25). The minimum atomic E-state index is -0.103. The number of carbonyl (C=O) groups excluding carboxylic acids is 2. The fourth-order valence-electron chi connectivity index (χ4n) is 2.82. The summed E-state index contributed by atoms with van der Waals surface area (Å²) in [6, 6.07) is 12.7. The van der Waals surface area contributed by atoms with Crippen molar-refractivity contribution >= 4 is 33.6 Å². The number of halogens is 1. The summed E-state index contributed by atoms with van der Waals surface area (Å²) in [4.78, 5) is 30.4. The lowest BCUT2D eigenvalue weighted by atomic mass is 9.96. The molecule has 1 aliphatic rings. The van der Waals surface area contributed by atoms with Crippen molar-refractivity contribution in [3.8, 4) is 5.75 Å². The van der Waals surface area contributed by atoms with Gasteiger partial charge in [-0.25, -0.2) is 4.98 Å². The molecule has 0 bridgehead atoms. The number of anilines is 1. The van der Waals surface area contributed by atoms with Gasteiger partial charge in [0.15, 0.2) is 6.61 Å². The van der Waals surface area contributed by atoms with Gasteiger partial charge >= 0.3 is 0 Å². The van der Waals surface area contributed by atoms with Crippen molar-refractivity contribution in [2.45, 2.75) is 12.8 Å². The van der Waals surface area contributed by atoms with Crippen molar-refractivity contribution in [1.29, 1.82) is 0 Å². The molecule has 0 unspecified atom stereocenters. The Balaban J connectivity index is 1.43. The van der Waals surface area contributed by atoms with Gasteiger partial charge in [-0.3, -0.25) is 9.59 Å². The van der Waals surface area contributed by atoms with Crippen LogP contribution >= 0.6 is 15.9 Å². The third kappa shape index (κ3) is 5.05. The molecule has 0 spiro atoms. The molecule has 0 saturated carbocycles. The van der Waals surface area contributed by atoms with Gasteiger partial charge in [-0.15, -0.1) is 0 Å². The number of amides is 2. The van der Waals surface area contributed by atoms with Gasteiger partial charge in [0.1, 0.15) is 11.6 Å². The molecule has 136 valence electrons. The number of nitrogens with one attached hydrogen (secondary N) is 1. The summed E-state index contributed by atoms with van der Waals surface area (Å²) in [5, 5.41) is 2.82. The molecule has 0 atom stereocenters. The number of benzene rings is 1. The van der Waals surface area contributed by atoms with E-state index in [9.17, 15) is 9.59 Å². The second kappa shape index (κ2) is 8.80. The maximum atomic E-state index is 12.3. The first-order valence-electron chi connectivity index (χ1n) is 8.50. The average Bonchev–Trinajstić information content (AvgIpc) is 2.68. The van der Waals surface area contributed by atoms with Crippen LogP contribution in [0.5, 0.6) is 5.75 Å². The molecular weight excluding hydrogens is 398 g/mol. The normalized spacial score (nSPS) is 14.7. The van der Waals surface area contributed by atoms with E-state index in [2.05, 4.69) is 26.2 Å². The third-order valence-corrected chi connectivity index (χ3v) is 4.84. The van der Waals surface area contributed by atoms with Gasteiger partial charge in [-0.05, 0) is 49.2 Å². The SMILES string of the molecule is O=C(Nc1ccccn1)C1CCN(C(=O)COc2ccc(Br)cc2)CC1. The Hall–Kier alpha value is -2.41. The smallest absolute Gasteiger partial charge is 0.260 e. The van der Waals surface area contributed by atoms with Gasteiger partial charge in [0.05, 0.1) is 0 Å². The maximum absolute atomic E-state index is 12.3. The minimum Gasteiger partial charge on any atom is -0.484 e. The molecule has 2 heterocycles. The van der Waals surface area contributed by atoms with Crippen LogP contribution in [-0.4, -0.2) is 41.4 Å². The Labute approximate surface area is 160 Å². The lowest BCUT2D eigenvalue weighted by Crippen LogP contribution is -2.43. The molecule has 26 heavy (non-hydrogen) atoms. The molecule has 1 N–H and O–H groups in total. The molecular formula is C19H20BrN3O3. The topological polar surface area (TPSA) is 71.5 Å². The van der Waals surface area contributed by atoms with Crippen LogP contribution in [0.3, 0.4) is 0 Å². The number of likely N-dealkylation sites (tertiary alicyclic amines) is 1. The van der Waals surface area contributed by atoms with Gasteiger partial charge in [-0.1, -0.05) is 22.0 Å². The summed E-state index contributed by atoms with van der Waals surface area (Å²) in [5.41, 5.74) is 0. The Morgan fingerprint density at radius 3 is 2.54 bits per heavy atom. The molecule has 1 aromatic carbocycles. The van der Waals surface area contributed by atoms with Crippen molar-refractivity contribution in [3.05, 3.63) is 53.1 Å². The lowest BCUT2D eigenvalue weighted by Gasteiger charge is -2.31. The number of hydrogen-bond acceptors (Lipinski definition) is 4. The van der Waals surface area contributed by atoms with Crippen molar-refractivity contribution in [2.24, 2.45) is 5.92 Å². The van der Waals surface area contributed by atoms with E-state index in [1.807, 2.05) is 30.3 Å². The average molecular weight is 418 g/mol. The monoisotopic (exact) mass is 417 g/mol. The van der Waals surface area contributed by atoms with E-state index in [0.717, 1.165) is 4.47 Å². The van der Waals surface area contributed by atoms with Crippen molar-refractivity contribution in [3.63, 3.8) is 0 Å². The van der Waals surface area contributed by atoms with E-state index in [-0.39, 0.29) is 24.3 Å². The van der Waals surface area contributed by atoms with E-state index in [1.165, 1.54) is 0 Å². The van der Waals surface area contributed by atoms with Gasteiger partial charge < -0.3 is 15.0 Å². The largest absolute Gasteiger partial charge is 0.484 e. The second-order valence-corrected chi connectivity index (χ2v) is 7.02. The molecule has 3 rings (SSSR count). The summed E-state index contributed by atoms with van der Waals surface area (Å²) < 4.78 is 6.49. The Morgan fingerprint density at radius 2 is 1.88 bits per heavy atom. The van der Waals surface area contributed by atoms with Crippen LogP contribution in [0.4, 0.5) is 5.82 Å². The van der Waals surface area contributed by atoms with Crippen LogP contribution in [0.2, 0.25) is 0 Å². The number of carbonyl (C=O) groups is 2. The molecule has 2 amide bonds. The number of rotatable bonds is 5. The van der Waals surface area contributed by atoms with Crippen LogP contribution in [0, 0.1) is 5.92 Å². The summed E-state index contributed by atoms with van der Waals surface area (Å²) >= 11 is 3.36. The minimum absolute atomic E-state index is 0.00638. The number of hydrogen-bond donors (Lipinski definition) is 1. The molecule has 7 heteroatoms. The number of piperidine rings is 1. The van der Waals surface area contributed by atoms with Crippen molar-refractivity contribution < 1.29 is 14.3 Å². The highest BCUT2D eigenvalue weighted by molar-refractivity contribution is 9.10. The van der Waals surface area contributed by atoms with Crippen LogP contribution in [0.1, 0.15) is 12.8 Å². The molecule has 6 nitrogen and oxygen atoms in total. The highest BCUT2D eigenvalue weighted by Gasteiger charge is 2.27.